The van der Waals surface area contributed by atoms with Crippen molar-refractivity contribution >= 4 is 17.9 Å². The fourth-order valence-corrected chi connectivity index (χ4v) is 4.59. The molecular weight excluding hydrogens is 470 g/mol. The van der Waals surface area contributed by atoms with Crippen LogP contribution in [0.25, 0.3) is 0 Å². The van der Waals surface area contributed by atoms with Crippen LogP contribution in [-0.2, 0) is 16.1 Å². The molecule has 1 rings (SSSR count). The maximum absolute atomic E-state index is 12.0. The monoisotopic (exact) mass is 519 g/mol. The van der Waals surface area contributed by atoms with Gasteiger partial charge in [0.25, 0.3) is 5.69 Å². The number of rotatable bonds is 24. The fourth-order valence-electron chi connectivity index (χ4n) is 4.59. The van der Waals surface area contributed by atoms with E-state index in [2.05, 4.69) is 6.92 Å². The Hall–Kier alpha value is -2.44. The second-order valence-electron chi connectivity index (χ2n) is 10.2. The summed E-state index contributed by atoms with van der Waals surface area (Å²) in [5, 5.41) is 21.0. The third-order valence-corrected chi connectivity index (χ3v) is 6.91. The van der Waals surface area contributed by atoms with Crippen molar-refractivity contribution in [3.63, 3.8) is 0 Å². The second kappa shape index (κ2) is 21.6. The molecule has 0 aliphatic carbocycles. The summed E-state index contributed by atoms with van der Waals surface area (Å²) in [7, 11) is 0. The molecule has 37 heavy (non-hydrogen) atoms. The number of non-ortho nitro benzene ring substituents is 1. The maximum Gasteiger partial charge on any atom is 0.306 e. The summed E-state index contributed by atoms with van der Waals surface area (Å²) >= 11 is 0. The molecule has 0 atom stereocenters. The Kier molecular flexibility index (Phi) is 19.0. The van der Waals surface area contributed by atoms with E-state index in [1.165, 1.54) is 103 Å². The predicted molar refractivity (Wildman–Crippen MR) is 148 cm³/mol. The summed E-state index contributed by atoms with van der Waals surface area (Å²) in [6.07, 6.45) is 25.1. The lowest BCUT2D eigenvalue weighted by molar-refractivity contribution is -0.385. The molecule has 0 aliphatic rings. The van der Waals surface area contributed by atoms with Crippen molar-refractivity contribution in [1.29, 1.82) is 0 Å². The van der Waals surface area contributed by atoms with Gasteiger partial charge >= 0.3 is 5.97 Å². The van der Waals surface area contributed by atoms with Gasteiger partial charge in [0, 0.05) is 24.1 Å². The Balaban J connectivity index is 1.95. The maximum atomic E-state index is 12.0. The molecular formula is C30H49NO6. The minimum Gasteiger partial charge on any atom is -0.507 e. The van der Waals surface area contributed by atoms with Gasteiger partial charge in [-0.1, -0.05) is 122 Å². The third-order valence-electron chi connectivity index (χ3n) is 6.91. The third kappa shape index (κ3) is 16.1. The number of hydrogen-bond acceptors (Lipinski definition) is 6. The largest absolute Gasteiger partial charge is 0.507 e. The average molecular weight is 520 g/mol. The predicted octanol–water partition coefficient (Wildman–Crippen LogP) is 8.98. The topological polar surface area (TPSA) is 107 Å². The first-order valence-corrected chi connectivity index (χ1v) is 14.6. The molecule has 7 nitrogen and oxygen atoms in total. The van der Waals surface area contributed by atoms with E-state index < -0.39 is 16.6 Å². The number of phenolic OH excluding ortho intramolecular Hbond substituents is 1. The van der Waals surface area contributed by atoms with Crippen molar-refractivity contribution in [2.75, 3.05) is 0 Å². The zero-order valence-corrected chi connectivity index (χ0v) is 23.0. The highest BCUT2D eigenvalue weighted by Crippen LogP contribution is 2.28. The quantitative estimate of drug-likeness (QED) is 0.0480. The molecule has 1 aromatic rings. The summed E-state index contributed by atoms with van der Waals surface area (Å²) in [6, 6.07) is 2.11. The standard InChI is InChI=1S/C30H49NO6/c1-2-3-4-5-6-7-8-9-10-11-12-13-14-15-16-17-18-19-20-21-29(33)37-25-27-23-28(31(35)36)22-26(24-32)30(27)34/h22-24,34H,2-21,25H2,1H3. The molecule has 0 saturated carbocycles. The molecule has 0 fully saturated rings. The summed E-state index contributed by atoms with van der Waals surface area (Å²) in [6.45, 7) is 1.97. The molecule has 0 spiro atoms. The first-order chi connectivity index (χ1) is 18.0. The SMILES string of the molecule is CCCCCCCCCCCCCCCCCCCCCC(=O)OCc1cc([N+](=O)[O-])cc(C=O)c1O. The highest BCUT2D eigenvalue weighted by atomic mass is 16.6. The highest BCUT2D eigenvalue weighted by molar-refractivity contribution is 5.81. The van der Waals surface area contributed by atoms with Gasteiger partial charge in [0.2, 0.25) is 0 Å². The molecule has 0 unspecified atom stereocenters. The van der Waals surface area contributed by atoms with Crippen LogP contribution in [0.1, 0.15) is 151 Å². The van der Waals surface area contributed by atoms with Crippen molar-refractivity contribution in [3.05, 3.63) is 33.4 Å². The summed E-state index contributed by atoms with van der Waals surface area (Å²) in [5.74, 6) is -0.803. The van der Waals surface area contributed by atoms with E-state index in [4.69, 9.17) is 4.74 Å². The lowest BCUT2D eigenvalue weighted by Gasteiger charge is -2.08. The van der Waals surface area contributed by atoms with Crippen LogP contribution in [0.3, 0.4) is 0 Å². The molecule has 1 aromatic carbocycles. The Morgan fingerprint density at radius 3 is 1.65 bits per heavy atom. The van der Waals surface area contributed by atoms with Gasteiger partial charge in [0.05, 0.1) is 10.5 Å². The zero-order valence-electron chi connectivity index (χ0n) is 23.0. The first kappa shape index (κ1) is 32.6. The van der Waals surface area contributed by atoms with Gasteiger partial charge in [-0.05, 0) is 6.42 Å². The Bertz CT molecular complexity index is 780. The van der Waals surface area contributed by atoms with Crippen LogP contribution >= 0.6 is 0 Å². The van der Waals surface area contributed by atoms with Crippen LogP contribution in [0.2, 0.25) is 0 Å². The van der Waals surface area contributed by atoms with Gasteiger partial charge in [-0.25, -0.2) is 0 Å². The molecule has 0 heterocycles. The number of aldehydes is 1. The van der Waals surface area contributed by atoms with Gasteiger partial charge in [-0.2, -0.15) is 0 Å². The van der Waals surface area contributed by atoms with Gasteiger partial charge in [0.1, 0.15) is 12.4 Å². The van der Waals surface area contributed by atoms with Crippen molar-refractivity contribution in [3.8, 4) is 5.75 Å². The number of aromatic hydroxyl groups is 1. The van der Waals surface area contributed by atoms with E-state index in [0.717, 1.165) is 31.4 Å². The van der Waals surface area contributed by atoms with Crippen LogP contribution in [0, 0.1) is 10.1 Å². The number of carbonyl (C=O) groups is 2. The molecule has 0 radical (unpaired) electrons. The molecule has 0 saturated heterocycles. The van der Waals surface area contributed by atoms with Gasteiger partial charge < -0.3 is 9.84 Å². The van der Waals surface area contributed by atoms with E-state index in [1.807, 2.05) is 0 Å². The van der Waals surface area contributed by atoms with Crippen molar-refractivity contribution < 1.29 is 24.4 Å². The normalized spacial score (nSPS) is 10.9. The zero-order chi connectivity index (χ0) is 27.1. The molecule has 0 aromatic heterocycles. The minimum atomic E-state index is -0.656. The minimum absolute atomic E-state index is 0.0535. The van der Waals surface area contributed by atoms with Gasteiger partial charge in [0.15, 0.2) is 6.29 Å². The summed E-state index contributed by atoms with van der Waals surface area (Å²) < 4.78 is 5.14. The Morgan fingerprint density at radius 2 is 1.24 bits per heavy atom. The van der Waals surface area contributed by atoms with Crippen molar-refractivity contribution in [2.24, 2.45) is 0 Å². The summed E-state index contributed by atoms with van der Waals surface area (Å²) in [5.41, 5.74) is -0.471. The van der Waals surface area contributed by atoms with E-state index in [-0.39, 0.29) is 29.8 Å². The number of benzene rings is 1. The van der Waals surface area contributed by atoms with Crippen LogP contribution in [-0.4, -0.2) is 22.3 Å². The van der Waals surface area contributed by atoms with E-state index in [1.54, 1.807) is 0 Å². The number of unbranched alkanes of at least 4 members (excludes halogenated alkanes) is 18. The number of esters is 1. The number of hydrogen-bond donors (Lipinski definition) is 1. The molecule has 210 valence electrons. The molecule has 1 N–H and O–H groups in total. The van der Waals surface area contributed by atoms with Gasteiger partial charge in [-0.15, -0.1) is 0 Å². The number of ether oxygens (including phenoxy) is 1. The second-order valence-corrected chi connectivity index (χ2v) is 10.2. The lowest BCUT2D eigenvalue weighted by Crippen LogP contribution is -2.05. The number of carbonyl (C=O) groups excluding carboxylic acids is 2. The van der Waals surface area contributed by atoms with Crippen LogP contribution in [0.5, 0.6) is 5.75 Å². The molecule has 0 amide bonds. The Morgan fingerprint density at radius 1 is 0.811 bits per heavy atom. The Labute approximate surface area is 223 Å². The number of nitro groups is 1. The molecule has 0 aliphatic heterocycles. The van der Waals surface area contributed by atoms with Crippen LogP contribution in [0.15, 0.2) is 12.1 Å². The fraction of sp³-hybridized carbons (Fsp3) is 0.733. The number of nitro benzene ring substituents is 1. The van der Waals surface area contributed by atoms with Gasteiger partial charge in [-0.3, -0.25) is 19.7 Å². The number of nitrogens with zero attached hydrogens (tertiary/aromatic N) is 1. The van der Waals surface area contributed by atoms with E-state index in [0.29, 0.717) is 6.29 Å². The number of phenols is 1. The first-order valence-electron chi connectivity index (χ1n) is 14.6. The highest BCUT2D eigenvalue weighted by Gasteiger charge is 2.17. The van der Waals surface area contributed by atoms with Crippen molar-refractivity contribution in [1.82, 2.24) is 0 Å². The van der Waals surface area contributed by atoms with Crippen LogP contribution in [0.4, 0.5) is 5.69 Å². The molecule has 0 bridgehead atoms. The van der Waals surface area contributed by atoms with E-state index in [9.17, 15) is 24.8 Å². The summed E-state index contributed by atoms with van der Waals surface area (Å²) in [4.78, 5) is 33.3. The average Bonchev–Trinajstić information content (AvgIpc) is 2.89. The lowest BCUT2D eigenvalue weighted by atomic mass is 10.0. The van der Waals surface area contributed by atoms with Crippen LogP contribution < -0.4 is 0 Å². The molecule has 7 heteroatoms. The smallest absolute Gasteiger partial charge is 0.306 e. The van der Waals surface area contributed by atoms with E-state index >= 15 is 0 Å². The van der Waals surface area contributed by atoms with Crippen molar-refractivity contribution in [2.45, 2.75) is 142 Å².